The second-order valence-corrected chi connectivity index (χ2v) is 5.90. The number of benzene rings is 1. The number of amides is 1. The Hall–Kier alpha value is -1.82. The molecule has 2 N–H and O–H groups in total. The molecule has 0 spiro atoms. The average molecular weight is 312 g/mol. The lowest BCUT2D eigenvalue weighted by molar-refractivity contribution is -0.383. The summed E-state index contributed by atoms with van der Waals surface area (Å²) in [7, 11) is 0. The summed E-state index contributed by atoms with van der Waals surface area (Å²) in [5, 5.41) is 11.0. The summed E-state index contributed by atoms with van der Waals surface area (Å²) in [6.07, 6.45) is 2.94. The minimum Gasteiger partial charge on any atom is -0.392 e. The van der Waals surface area contributed by atoms with Crippen molar-refractivity contribution < 1.29 is 9.72 Å². The van der Waals surface area contributed by atoms with Crippen molar-refractivity contribution in [3.63, 3.8) is 0 Å². The summed E-state index contributed by atoms with van der Waals surface area (Å²) in [4.78, 5) is 24.8. The van der Waals surface area contributed by atoms with Gasteiger partial charge in [-0.15, -0.1) is 0 Å². The molecule has 1 heterocycles. The van der Waals surface area contributed by atoms with Gasteiger partial charge in [-0.3, -0.25) is 14.9 Å². The molecule has 0 aliphatic carbocycles. The fourth-order valence-corrected chi connectivity index (χ4v) is 3.06. The Kier molecular flexibility index (Phi) is 4.37. The van der Waals surface area contributed by atoms with Crippen LogP contribution in [-0.2, 0) is 0 Å². The number of hydrogen-bond donors (Lipinski definition) is 1. The van der Waals surface area contributed by atoms with Crippen molar-refractivity contribution in [2.24, 2.45) is 0 Å². The van der Waals surface area contributed by atoms with E-state index in [1.807, 2.05) is 13.8 Å². The molecule has 0 aromatic heterocycles. The van der Waals surface area contributed by atoms with Gasteiger partial charge in [0, 0.05) is 23.7 Å². The van der Waals surface area contributed by atoms with Crippen molar-refractivity contribution in [3.05, 3.63) is 32.8 Å². The number of piperidine rings is 1. The Bertz CT molecular complexity index is 581. The molecule has 1 aliphatic heterocycles. The van der Waals surface area contributed by atoms with Crippen molar-refractivity contribution in [1.82, 2.24) is 4.90 Å². The van der Waals surface area contributed by atoms with E-state index in [2.05, 4.69) is 0 Å². The highest BCUT2D eigenvalue weighted by molar-refractivity contribution is 6.34. The van der Waals surface area contributed by atoms with Gasteiger partial charge in [0.15, 0.2) is 0 Å². The highest BCUT2D eigenvalue weighted by atomic mass is 35.5. The third kappa shape index (κ3) is 2.95. The van der Waals surface area contributed by atoms with Gasteiger partial charge < -0.3 is 10.6 Å². The third-order valence-corrected chi connectivity index (χ3v) is 4.29. The van der Waals surface area contributed by atoms with Gasteiger partial charge in [0.1, 0.15) is 5.69 Å². The topological polar surface area (TPSA) is 89.5 Å². The van der Waals surface area contributed by atoms with E-state index in [1.54, 1.807) is 4.90 Å². The van der Waals surface area contributed by atoms with Crippen LogP contribution in [-0.4, -0.2) is 27.8 Å². The van der Waals surface area contributed by atoms with Gasteiger partial charge in [-0.1, -0.05) is 11.6 Å². The predicted octanol–water partition coefficient (Wildman–Crippen LogP) is 3.23. The van der Waals surface area contributed by atoms with Crippen LogP contribution in [0.4, 0.5) is 11.4 Å². The maximum Gasteiger partial charge on any atom is 0.294 e. The molecule has 0 saturated carbocycles. The summed E-state index contributed by atoms with van der Waals surface area (Å²) >= 11 is 5.92. The van der Waals surface area contributed by atoms with Gasteiger partial charge in [0.25, 0.3) is 11.6 Å². The van der Waals surface area contributed by atoms with Gasteiger partial charge in [-0.05, 0) is 39.2 Å². The number of nitrogens with two attached hydrogens (primary N) is 1. The first-order chi connectivity index (χ1) is 9.82. The number of anilines is 1. The molecule has 0 unspecified atom stereocenters. The summed E-state index contributed by atoms with van der Waals surface area (Å²) < 4.78 is 0. The number of hydrogen-bond acceptors (Lipinski definition) is 4. The lowest BCUT2D eigenvalue weighted by atomic mass is 9.96. The minimum absolute atomic E-state index is 0.0323. The van der Waals surface area contributed by atoms with Crippen LogP contribution in [0, 0.1) is 10.1 Å². The van der Waals surface area contributed by atoms with Crippen LogP contribution >= 0.6 is 11.6 Å². The van der Waals surface area contributed by atoms with Crippen LogP contribution in [0.3, 0.4) is 0 Å². The van der Waals surface area contributed by atoms with Crippen LogP contribution in [0.2, 0.25) is 5.02 Å². The number of halogens is 1. The van der Waals surface area contributed by atoms with Crippen molar-refractivity contribution in [2.75, 3.05) is 5.73 Å². The molecule has 1 aromatic rings. The number of nitrogens with zero attached hydrogens (tertiary/aromatic N) is 2. The Morgan fingerprint density at radius 2 is 1.95 bits per heavy atom. The van der Waals surface area contributed by atoms with Crippen molar-refractivity contribution >= 4 is 28.9 Å². The van der Waals surface area contributed by atoms with E-state index in [4.69, 9.17) is 17.3 Å². The van der Waals surface area contributed by atoms with Gasteiger partial charge in [-0.2, -0.15) is 0 Å². The van der Waals surface area contributed by atoms with E-state index < -0.39 is 4.92 Å². The standard InChI is InChI=1S/C14H18ClN3O3/c1-8-4-3-5-9(2)17(8)14(19)10-6-11(15)13(16)12(7-10)18(20)21/h6-9H,3-5,16H2,1-2H3/t8-,9+. The average Bonchev–Trinajstić information content (AvgIpc) is 2.40. The van der Waals surface area contributed by atoms with Crippen LogP contribution in [0.15, 0.2) is 12.1 Å². The van der Waals surface area contributed by atoms with E-state index in [0.29, 0.717) is 0 Å². The van der Waals surface area contributed by atoms with Gasteiger partial charge in [0.05, 0.1) is 9.95 Å². The monoisotopic (exact) mass is 311 g/mol. The number of nitro benzene ring substituents is 1. The quantitative estimate of drug-likeness (QED) is 0.516. The van der Waals surface area contributed by atoms with Crippen LogP contribution in [0.5, 0.6) is 0 Å². The number of nitrogen functional groups attached to an aromatic ring is 1. The highest BCUT2D eigenvalue weighted by Crippen LogP contribution is 2.32. The van der Waals surface area contributed by atoms with E-state index in [-0.39, 0.29) is 40.0 Å². The Morgan fingerprint density at radius 1 is 1.38 bits per heavy atom. The predicted molar refractivity (Wildman–Crippen MR) is 81.5 cm³/mol. The number of carbonyl (C=O) groups excluding carboxylic acids is 1. The molecule has 1 fully saturated rings. The molecule has 0 radical (unpaired) electrons. The summed E-state index contributed by atoms with van der Waals surface area (Å²) in [5.41, 5.74) is 5.35. The Labute approximate surface area is 128 Å². The lowest BCUT2D eigenvalue weighted by Gasteiger charge is -2.39. The minimum atomic E-state index is -0.624. The number of likely N-dealkylation sites (tertiary alicyclic amines) is 1. The Morgan fingerprint density at radius 3 is 2.48 bits per heavy atom. The molecule has 0 bridgehead atoms. The summed E-state index contributed by atoms with van der Waals surface area (Å²) in [6.45, 7) is 3.97. The van der Waals surface area contributed by atoms with Gasteiger partial charge in [0.2, 0.25) is 0 Å². The van der Waals surface area contributed by atoms with Crippen molar-refractivity contribution in [3.8, 4) is 0 Å². The number of carbonyl (C=O) groups is 1. The molecule has 114 valence electrons. The van der Waals surface area contributed by atoms with E-state index in [1.165, 1.54) is 12.1 Å². The summed E-state index contributed by atoms with van der Waals surface area (Å²) in [6, 6.07) is 2.82. The first kappa shape index (κ1) is 15.6. The summed E-state index contributed by atoms with van der Waals surface area (Å²) in [5.74, 6) is -0.236. The van der Waals surface area contributed by atoms with Crippen molar-refractivity contribution in [2.45, 2.75) is 45.2 Å². The Balaban J connectivity index is 2.41. The smallest absolute Gasteiger partial charge is 0.294 e. The first-order valence-corrected chi connectivity index (χ1v) is 7.26. The maximum absolute atomic E-state index is 12.7. The normalized spacial score (nSPS) is 22.1. The van der Waals surface area contributed by atoms with Crippen LogP contribution in [0.1, 0.15) is 43.5 Å². The molecule has 7 heteroatoms. The number of rotatable bonds is 2. The van der Waals surface area contributed by atoms with Gasteiger partial charge >= 0.3 is 0 Å². The van der Waals surface area contributed by atoms with Crippen molar-refractivity contribution in [1.29, 1.82) is 0 Å². The third-order valence-electron chi connectivity index (χ3n) is 3.98. The van der Waals surface area contributed by atoms with Crippen LogP contribution < -0.4 is 5.73 Å². The molecule has 1 aromatic carbocycles. The molecular formula is C14H18ClN3O3. The number of nitro groups is 1. The first-order valence-electron chi connectivity index (χ1n) is 6.89. The molecule has 1 saturated heterocycles. The molecule has 6 nitrogen and oxygen atoms in total. The second-order valence-electron chi connectivity index (χ2n) is 5.49. The molecule has 1 aliphatic rings. The molecular weight excluding hydrogens is 294 g/mol. The van der Waals surface area contributed by atoms with Crippen LogP contribution in [0.25, 0.3) is 0 Å². The largest absolute Gasteiger partial charge is 0.392 e. The molecule has 2 atom stereocenters. The maximum atomic E-state index is 12.7. The van der Waals surface area contributed by atoms with E-state index >= 15 is 0 Å². The SMILES string of the molecule is C[C@@H]1CCC[C@H](C)N1C(=O)c1cc(Cl)c(N)c([N+](=O)[O-])c1. The zero-order valence-electron chi connectivity index (χ0n) is 12.0. The highest BCUT2D eigenvalue weighted by Gasteiger charge is 2.31. The molecule has 2 rings (SSSR count). The van der Waals surface area contributed by atoms with Gasteiger partial charge in [-0.25, -0.2) is 0 Å². The second kappa shape index (κ2) is 5.89. The fraction of sp³-hybridized carbons (Fsp3) is 0.500. The molecule has 1 amide bonds. The van der Waals surface area contributed by atoms with E-state index in [9.17, 15) is 14.9 Å². The van der Waals surface area contributed by atoms with E-state index in [0.717, 1.165) is 19.3 Å². The zero-order chi connectivity index (χ0) is 15.7. The lowest BCUT2D eigenvalue weighted by Crippen LogP contribution is -2.47. The zero-order valence-corrected chi connectivity index (χ0v) is 12.8. The fourth-order valence-electron chi connectivity index (χ4n) is 2.85. The molecule has 21 heavy (non-hydrogen) atoms.